The Labute approximate surface area is 194 Å². The summed E-state index contributed by atoms with van der Waals surface area (Å²) < 4.78 is 0. The van der Waals surface area contributed by atoms with Gasteiger partial charge in [0.05, 0.1) is 23.3 Å². The molecule has 2 aromatic heterocycles. The quantitative estimate of drug-likeness (QED) is 0.384. The third kappa shape index (κ3) is 3.14. The van der Waals surface area contributed by atoms with E-state index in [1.807, 2.05) is 42.5 Å². The van der Waals surface area contributed by atoms with Crippen molar-refractivity contribution in [1.29, 1.82) is 0 Å². The maximum atomic E-state index is 13.2. The molecule has 6 rings (SSSR count). The molecule has 0 saturated carbocycles. The van der Waals surface area contributed by atoms with E-state index in [4.69, 9.17) is 10.7 Å². The molecule has 3 aromatic carbocycles. The van der Waals surface area contributed by atoms with Crippen LogP contribution in [0.2, 0.25) is 0 Å². The number of primary amides is 1. The lowest BCUT2D eigenvalue weighted by atomic mass is 9.98. The normalized spacial score (nSPS) is 13.9. The summed E-state index contributed by atoms with van der Waals surface area (Å²) in [5.41, 5.74) is 12.8. The number of nitrogens with two attached hydrogens (primary N) is 1. The summed E-state index contributed by atoms with van der Waals surface area (Å²) >= 11 is 0. The van der Waals surface area contributed by atoms with Gasteiger partial charge in [0.25, 0.3) is 5.91 Å². The smallest absolute Gasteiger partial charge is 0.252 e. The van der Waals surface area contributed by atoms with Crippen LogP contribution in [-0.2, 0) is 0 Å². The van der Waals surface area contributed by atoms with E-state index in [1.165, 1.54) is 6.07 Å². The van der Waals surface area contributed by atoms with Crippen LogP contribution >= 0.6 is 0 Å². The Kier molecular flexibility index (Phi) is 4.48. The molecule has 0 radical (unpaired) electrons. The molecule has 7 heteroatoms. The van der Waals surface area contributed by atoms with Crippen molar-refractivity contribution in [3.8, 4) is 22.5 Å². The first-order valence-corrected chi connectivity index (χ1v) is 10.8. The van der Waals surface area contributed by atoms with Gasteiger partial charge < -0.3 is 16.0 Å². The molecule has 0 aliphatic heterocycles. The first-order valence-electron chi connectivity index (χ1n) is 10.8. The Morgan fingerprint density at radius 3 is 2.50 bits per heavy atom. The molecular weight excluding hydrogens is 426 g/mol. The van der Waals surface area contributed by atoms with Gasteiger partial charge in [0.1, 0.15) is 5.82 Å². The molecule has 164 valence electrons. The van der Waals surface area contributed by atoms with Gasteiger partial charge in [0.15, 0.2) is 0 Å². The van der Waals surface area contributed by atoms with Gasteiger partial charge in [-0.15, -0.1) is 0 Å². The van der Waals surface area contributed by atoms with Crippen molar-refractivity contribution in [1.82, 2.24) is 20.3 Å². The highest BCUT2D eigenvalue weighted by Crippen LogP contribution is 2.47. The number of hydrogen-bond acceptors (Lipinski definition) is 4. The summed E-state index contributed by atoms with van der Waals surface area (Å²) in [5.74, 6) is -0.108. The predicted octanol–water partition coefficient (Wildman–Crippen LogP) is 4.22. The van der Waals surface area contributed by atoms with Crippen LogP contribution in [0, 0.1) is 0 Å². The minimum absolute atomic E-state index is 0.282. The number of hydrogen-bond donors (Lipinski definition) is 3. The summed E-state index contributed by atoms with van der Waals surface area (Å²) in [6, 6.07) is 22.0. The van der Waals surface area contributed by atoms with E-state index in [-0.39, 0.29) is 11.9 Å². The van der Waals surface area contributed by atoms with Crippen LogP contribution in [0.4, 0.5) is 0 Å². The Morgan fingerprint density at radius 2 is 1.65 bits per heavy atom. The summed E-state index contributed by atoms with van der Waals surface area (Å²) in [5, 5.41) is 3.15. The van der Waals surface area contributed by atoms with Gasteiger partial charge in [-0.1, -0.05) is 48.5 Å². The number of rotatable bonds is 4. The Bertz CT molecular complexity index is 1570. The Balaban J connectivity index is 1.45. The lowest BCUT2D eigenvalue weighted by molar-refractivity contribution is 0.0943. The summed E-state index contributed by atoms with van der Waals surface area (Å²) in [4.78, 5) is 37.0. The third-order valence-corrected chi connectivity index (χ3v) is 6.17. The highest BCUT2D eigenvalue weighted by atomic mass is 16.2. The van der Waals surface area contributed by atoms with Crippen LogP contribution in [0.3, 0.4) is 0 Å². The summed E-state index contributed by atoms with van der Waals surface area (Å²) in [7, 11) is 0. The topological polar surface area (TPSA) is 114 Å². The molecule has 1 aliphatic carbocycles. The van der Waals surface area contributed by atoms with Gasteiger partial charge >= 0.3 is 0 Å². The lowest BCUT2D eigenvalue weighted by Gasteiger charge is -2.16. The van der Waals surface area contributed by atoms with Crippen molar-refractivity contribution in [2.45, 2.75) is 6.04 Å². The summed E-state index contributed by atoms with van der Waals surface area (Å²) in [6.45, 7) is 0. The SMILES string of the molecule is NC(=O)c1cccc(C(=O)N[C@@H]2c3ccccc3-c3c(-c4nc5ccncc5[nH]4)cccc32)c1. The molecule has 0 spiro atoms. The molecule has 0 saturated heterocycles. The number of pyridine rings is 1. The standard InChI is InChI=1S/C27H19N5O2/c28-25(33)15-5-3-6-16(13-15)27(34)32-24-18-8-2-1-7-17(18)23-19(24)9-4-10-20(23)26-30-21-11-12-29-14-22(21)31-26/h1-14,24H,(H2,28,33)(H,30,31)(H,32,34)/t24-/m1/s1. The zero-order valence-corrected chi connectivity index (χ0v) is 17.9. The van der Waals surface area contributed by atoms with Crippen molar-refractivity contribution in [2.75, 3.05) is 0 Å². The number of nitrogens with one attached hydrogen (secondary N) is 2. The van der Waals surface area contributed by atoms with Gasteiger partial charge in [-0.05, 0) is 46.5 Å². The Morgan fingerprint density at radius 1 is 0.882 bits per heavy atom. The first kappa shape index (κ1) is 19.9. The van der Waals surface area contributed by atoms with Crippen molar-refractivity contribution in [3.05, 3.63) is 107 Å². The maximum absolute atomic E-state index is 13.2. The van der Waals surface area contributed by atoms with E-state index < -0.39 is 5.91 Å². The van der Waals surface area contributed by atoms with Gasteiger partial charge in [-0.3, -0.25) is 14.6 Å². The van der Waals surface area contributed by atoms with Gasteiger partial charge in [-0.2, -0.15) is 0 Å². The van der Waals surface area contributed by atoms with E-state index in [0.717, 1.165) is 44.7 Å². The minimum Gasteiger partial charge on any atom is -0.366 e. The van der Waals surface area contributed by atoms with E-state index in [9.17, 15) is 9.59 Å². The number of aromatic nitrogens is 3. The second kappa shape index (κ2) is 7.67. The minimum atomic E-state index is -0.572. The van der Waals surface area contributed by atoms with Crippen molar-refractivity contribution in [3.63, 3.8) is 0 Å². The molecule has 1 atom stereocenters. The second-order valence-corrected chi connectivity index (χ2v) is 8.19. The number of amides is 2. The first-order chi connectivity index (χ1) is 16.6. The van der Waals surface area contributed by atoms with Gasteiger partial charge in [-0.25, -0.2) is 4.98 Å². The van der Waals surface area contributed by atoms with Crippen LogP contribution in [0.1, 0.15) is 37.9 Å². The number of benzene rings is 3. The highest BCUT2D eigenvalue weighted by molar-refractivity contribution is 6.00. The van der Waals surface area contributed by atoms with Crippen LogP contribution in [-0.4, -0.2) is 26.8 Å². The van der Waals surface area contributed by atoms with E-state index >= 15 is 0 Å². The average Bonchev–Trinajstić information content (AvgIpc) is 3.44. The monoisotopic (exact) mass is 445 g/mol. The highest BCUT2D eigenvalue weighted by Gasteiger charge is 2.32. The number of carbonyl (C=O) groups is 2. The number of nitrogens with zero attached hydrogens (tertiary/aromatic N) is 2. The maximum Gasteiger partial charge on any atom is 0.252 e. The molecule has 5 aromatic rings. The molecule has 7 nitrogen and oxygen atoms in total. The van der Waals surface area contributed by atoms with Crippen LogP contribution in [0.25, 0.3) is 33.5 Å². The zero-order chi connectivity index (χ0) is 23.2. The van der Waals surface area contributed by atoms with Crippen molar-refractivity contribution >= 4 is 22.8 Å². The molecule has 0 bridgehead atoms. The van der Waals surface area contributed by atoms with E-state index in [2.05, 4.69) is 21.4 Å². The fraction of sp³-hybridized carbons (Fsp3) is 0.0370. The molecular formula is C27H19N5O2. The van der Waals surface area contributed by atoms with E-state index in [0.29, 0.717) is 11.1 Å². The zero-order valence-electron chi connectivity index (χ0n) is 17.9. The lowest BCUT2D eigenvalue weighted by Crippen LogP contribution is -2.28. The molecule has 0 fully saturated rings. The number of imidazole rings is 1. The molecule has 4 N–H and O–H groups in total. The van der Waals surface area contributed by atoms with Crippen LogP contribution < -0.4 is 11.1 Å². The van der Waals surface area contributed by atoms with E-state index in [1.54, 1.807) is 30.6 Å². The largest absolute Gasteiger partial charge is 0.366 e. The van der Waals surface area contributed by atoms with Crippen molar-refractivity contribution in [2.24, 2.45) is 5.73 Å². The number of fused-ring (bicyclic) bond motifs is 4. The third-order valence-electron chi connectivity index (χ3n) is 6.17. The molecule has 0 unspecified atom stereocenters. The van der Waals surface area contributed by atoms with Crippen LogP contribution in [0.15, 0.2) is 85.2 Å². The second-order valence-electron chi connectivity index (χ2n) is 8.19. The van der Waals surface area contributed by atoms with Gasteiger partial charge in [0.2, 0.25) is 5.91 Å². The molecule has 1 aliphatic rings. The predicted molar refractivity (Wildman–Crippen MR) is 129 cm³/mol. The fourth-order valence-electron chi connectivity index (χ4n) is 4.62. The Hall–Kier alpha value is -4.78. The number of H-pyrrole nitrogens is 1. The average molecular weight is 445 g/mol. The molecule has 2 amide bonds. The number of aromatic amines is 1. The molecule has 34 heavy (non-hydrogen) atoms. The van der Waals surface area contributed by atoms with Crippen LogP contribution in [0.5, 0.6) is 0 Å². The van der Waals surface area contributed by atoms with Gasteiger partial charge in [0, 0.05) is 22.9 Å². The van der Waals surface area contributed by atoms with Crippen molar-refractivity contribution < 1.29 is 9.59 Å². The number of carbonyl (C=O) groups excluding carboxylic acids is 2. The summed E-state index contributed by atoms with van der Waals surface area (Å²) in [6.07, 6.45) is 3.47. The molecule has 2 heterocycles. The fourth-order valence-corrected chi connectivity index (χ4v) is 4.62.